The van der Waals surface area contributed by atoms with E-state index in [-0.39, 0.29) is 5.75 Å². The van der Waals surface area contributed by atoms with Gasteiger partial charge in [0.25, 0.3) is 0 Å². The molecule has 0 aliphatic carbocycles. The van der Waals surface area contributed by atoms with Crippen molar-refractivity contribution < 1.29 is 13.5 Å². The quantitative estimate of drug-likeness (QED) is 0.793. The van der Waals surface area contributed by atoms with Crippen LogP contribution in [0.4, 0.5) is 8.78 Å². The molecule has 0 bridgehead atoms. The normalized spacial score (nSPS) is 10.8. The fraction of sp³-hybridized carbons (Fsp3) is 0.111. The van der Waals surface area contributed by atoms with E-state index in [4.69, 9.17) is 0 Å². The van der Waals surface area contributed by atoms with E-state index in [0.29, 0.717) is 0 Å². The molecule has 1 heterocycles. The average molecular weight is 354 g/mol. The van der Waals surface area contributed by atoms with Crippen molar-refractivity contribution >= 4 is 33.9 Å². The van der Waals surface area contributed by atoms with E-state index in [1.54, 1.807) is 12.1 Å². The largest absolute Gasteiger partial charge is 0.435 e. The van der Waals surface area contributed by atoms with Gasteiger partial charge >= 0.3 is 6.61 Å². The van der Waals surface area contributed by atoms with Crippen LogP contribution in [0.25, 0.3) is 10.6 Å². The van der Waals surface area contributed by atoms with Crippen LogP contribution in [0.1, 0.15) is 0 Å². The van der Waals surface area contributed by atoms with Crippen LogP contribution in [0, 0.1) is 3.01 Å². The van der Waals surface area contributed by atoms with Crippen LogP contribution in [0.5, 0.6) is 5.75 Å². The number of nitrogens with zero attached hydrogens (tertiary/aromatic N) is 2. The Labute approximate surface area is 108 Å². The molecule has 1 aromatic carbocycles. The second-order valence-electron chi connectivity index (χ2n) is 2.76. The lowest BCUT2D eigenvalue weighted by molar-refractivity contribution is -0.0498. The molecule has 3 nitrogen and oxygen atoms in total. The van der Waals surface area contributed by atoms with E-state index in [9.17, 15) is 8.78 Å². The molecule has 0 unspecified atom stereocenters. The SMILES string of the molecule is FC(F)Oc1ccc(-c2nnc(I)s2)cc1. The van der Waals surface area contributed by atoms with Crippen LogP contribution < -0.4 is 4.74 Å². The van der Waals surface area contributed by atoms with E-state index in [2.05, 4.69) is 37.5 Å². The monoisotopic (exact) mass is 354 g/mol. The highest BCUT2D eigenvalue weighted by atomic mass is 127. The Morgan fingerprint density at radius 2 is 1.88 bits per heavy atom. The van der Waals surface area contributed by atoms with Gasteiger partial charge in [0.05, 0.1) is 0 Å². The highest BCUT2D eigenvalue weighted by Crippen LogP contribution is 2.26. The summed E-state index contributed by atoms with van der Waals surface area (Å²) in [6, 6.07) is 6.31. The van der Waals surface area contributed by atoms with Gasteiger partial charge in [0.2, 0.25) is 0 Å². The van der Waals surface area contributed by atoms with Crippen molar-refractivity contribution in [1.82, 2.24) is 10.2 Å². The zero-order chi connectivity index (χ0) is 11.5. The van der Waals surface area contributed by atoms with E-state index in [1.165, 1.54) is 23.5 Å². The zero-order valence-electron chi connectivity index (χ0n) is 7.73. The molecule has 0 saturated heterocycles. The summed E-state index contributed by atoms with van der Waals surface area (Å²) >= 11 is 3.51. The van der Waals surface area contributed by atoms with Gasteiger partial charge < -0.3 is 4.74 Å². The van der Waals surface area contributed by atoms with Crippen molar-refractivity contribution in [3.63, 3.8) is 0 Å². The van der Waals surface area contributed by atoms with Crippen molar-refractivity contribution in [3.8, 4) is 16.3 Å². The van der Waals surface area contributed by atoms with Gasteiger partial charge in [-0.1, -0.05) is 11.3 Å². The number of hydrogen-bond acceptors (Lipinski definition) is 4. The maximum absolute atomic E-state index is 11.9. The molecule has 0 amide bonds. The highest BCUT2D eigenvalue weighted by Gasteiger charge is 2.07. The lowest BCUT2D eigenvalue weighted by Gasteiger charge is -2.03. The molecule has 0 saturated carbocycles. The minimum atomic E-state index is -2.80. The Kier molecular flexibility index (Phi) is 3.64. The Hall–Kier alpha value is -0.830. The Bertz CT molecular complexity index is 475. The van der Waals surface area contributed by atoms with Crippen LogP contribution in [-0.4, -0.2) is 16.8 Å². The standard InChI is InChI=1S/C9H5F2IN2OS/c10-8(11)15-6-3-1-5(2-4-6)7-13-14-9(12)16-7/h1-4,8H. The smallest absolute Gasteiger partial charge is 0.387 e. The van der Waals surface area contributed by atoms with Gasteiger partial charge in [0.1, 0.15) is 10.8 Å². The molecule has 0 fully saturated rings. The third-order valence-corrected chi connectivity index (χ3v) is 3.36. The maximum Gasteiger partial charge on any atom is 0.387 e. The average Bonchev–Trinajstić information content (AvgIpc) is 2.65. The second kappa shape index (κ2) is 5.00. The van der Waals surface area contributed by atoms with Gasteiger partial charge in [-0.15, -0.1) is 10.2 Å². The van der Waals surface area contributed by atoms with Crippen molar-refractivity contribution in [1.29, 1.82) is 0 Å². The van der Waals surface area contributed by atoms with Crippen molar-refractivity contribution in [2.24, 2.45) is 0 Å². The van der Waals surface area contributed by atoms with Crippen molar-refractivity contribution in [3.05, 3.63) is 27.3 Å². The van der Waals surface area contributed by atoms with Gasteiger partial charge in [0.15, 0.2) is 3.01 Å². The van der Waals surface area contributed by atoms with Crippen LogP contribution >= 0.6 is 33.9 Å². The maximum atomic E-state index is 11.9. The molecule has 16 heavy (non-hydrogen) atoms. The van der Waals surface area contributed by atoms with Gasteiger partial charge in [0, 0.05) is 5.56 Å². The fourth-order valence-electron chi connectivity index (χ4n) is 1.10. The lowest BCUT2D eigenvalue weighted by atomic mass is 10.2. The number of alkyl halides is 2. The van der Waals surface area contributed by atoms with Crippen LogP contribution in [0.15, 0.2) is 24.3 Å². The Morgan fingerprint density at radius 3 is 2.38 bits per heavy atom. The van der Waals surface area contributed by atoms with Gasteiger partial charge in [-0.3, -0.25) is 0 Å². The van der Waals surface area contributed by atoms with Crippen molar-refractivity contribution in [2.75, 3.05) is 0 Å². The summed E-state index contributed by atoms with van der Waals surface area (Å²) in [7, 11) is 0. The summed E-state index contributed by atoms with van der Waals surface area (Å²) < 4.78 is 28.9. The molecule has 0 radical (unpaired) electrons. The zero-order valence-corrected chi connectivity index (χ0v) is 10.7. The topological polar surface area (TPSA) is 35.0 Å². The molecule has 7 heteroatoms. The molecular weight excluding hydrogens is 349 g/mol. The molecular formula is C9H5F2IN2OS. The third-order valence-electron chi connectivity index (χ3n) is 1.73. The number of halogens is 3. The summed E-state index contributed by atoms with van der Waals surface area (Å²) in [5, 5.41) is 8.57. The first kappa shape index (κ1) is 11.6. The van der Waals surface area contributed by atoms with Crippen LogP contribution in [0.3, 0.4) is 0 Å². The molecule has 1 aromatic heterocycles. The Balaban J connectivity index is 2.19. The second-order valence-corrected chi connectivity index (χ2v) is 5.49. The van der Waals surface area contributed by atoms with Crippen molar-refractivity contribution in [2.45, 2.75) is 6.61 Å². The fourth-order valence-corrected chi connectivity index (χ4v) is 2.41. The number of aromatic nitrogens is 2. The van der Waals surface area contributed by atoms with E-state index in [1.807, 2.05) is 0 Å². The summed E-state index contributed by atoms with van der Waals surface area (Å²) in [6.07, 6.45) is 0. The predicted octanol–water partition coefficient (Wildman–Crippen LogP) is 3.41. The summed E-state index contributed by atoms with van der Waals surface area (Å²) in [6.45, 7) is -2.80. The first-order valence-corrected chi connectivity index (χ1v) is 6.09. The number of benzene rings is 1. The number of hydrogen-bond donors (Lipinski definition) is 0. The summed E-state index contributed by atoms with van der Waals surface area (Å²) in [5.41, 5.74) is 0.835. The van der Waals surface area contributed by atoms with Crippen LogP contribution in [0.2, 0.25) is 0 Å². The number of ether oxygens (including phenoxy) is 1. The molecule has 0 spiro atoms. The minimum Gasteiger partial charge on any atom is -0.435 e. The summed E-state index contributed by atoms with van der Waals surface area (Å²) in [4.78, 5) is 0. The molecule has 2 aromatic rings. The van der Waals surface area contributed by atoms with E-state index >= 15 is 0 Å². The van der Waals surface area contributed by atoms with Gasteiger partial charge in [-0.05, 0) is 46.9 Å². The molecule has 0 aliphatic rings. The highest BCUT2D eigenvalue weighted by molar-refractivity contribution is 14.1. The molecule has 0 atom stereocenters. The molecule has 2 rings (SSSR count). The number of rotatable bonds is 3. The molecule has 0 N–H and O–H groups in total. The summed E-state index contributed by atoms with van der Waals surface area (Å²) in [5.74, 6) is 0.137. The first-order chi connectivity index (χ1) is 7.65. The molecule has 84 valence electrons. The van der Waals surface area contributed by atoms with Gasteiger partial charge in [-0.2, -0.15) is 8.78 Å². The van der Waals surface area contributed by atoms with Gasteiger partial charge in [-0.25, -0.2) is 0 Å². The minimum absolute atomic E-state index is 0.137. The first-order valence-electron chi connectivity index (χ1n) is 4.19. The molecule has 0 aliphatic heterocycles. The third kappa shape index (κ3) is 2.85. The van der Waals surface area contributed by atoms with E-state index < -0.39 is 6.61 Å². The van der Waals surface area contributed by atoms with E-state index in [0.717, 1.165) is 13.6 Å². The lowest BCUT2D eigenvalue weighted by Crippen LogP contribution is -2.01. The van der Waals surface area contributed by atoms with Crippen LogP contribution in [-0.2, 0) is 0 Å². The predicted molar refractivity (Wildman–Crippen MR) is 64.7 cm³/mol. The Morgan fingerprint density at radius 1 is 1.19 bits per heavy atom.